The second-order valence-corrected chi connectivity index (χ2v) is 5.79. The Morgan fingerprint density at radius 3 is 2.48 bits per heavy atom. The molecule has 0 bridgehead atoms. The minimum Gasteiger partial charge on any atom is -0.342 e. The molecule has 1 saturated heterocycles. The van der Waals surface area contributed by atoms with Gasteiger partial charge in [-0.1, -0.05) is 30.3 Å². The van der Waals surface area contributed by atoms with Gasteiger partial charge in [0.05, 0.1) is 5.92 Å². The highest BCUT2D eigenvalue weighted by molar-refractivity contribution is 5.85. The quantitative estimate of drug-likeness (QED) is 0.906. The van der Waals surface area contributed by atoms with Crippen LogP contribution in [0.2, 0.25) is 0 Å². The van der Waals surface area contributed by atoms with E-state index < -0.39 is 0 Å². The lowest BCUT2D eigenvalue weighted by Crippen LogP contribution is -2.40. The first-order valence-electron chi connectivity index (χ1n) is 7.70. The van der Waals surface area contributed by atoms with Gasteiger partial charge in [-0.05, 0) is 51.3 Å². The number of likely N-dealkylation sites (tertiary alicyclic amines) is 1. The fourth-order valence-electron chi connectivity index (χ4n) is 2.95. The number of halogens is 1. The second kappa shape index (κ2) is 9.06. The SMILES string of the molecule is CNCCC1CCN(C(=O)C(C)c2ccccc2)CC1.Cl. The Morgan fingerprint density at radius 2 is 1.90 bits per heavy atom. The van der Waals surface area contributed by atoms with Crippen molar-refractivity contribution in [2.75, 3.05) is 26.7 Å². The number of carbonyl (C=O) groups is 1. The number of piperidine rings is 1. The van der Waals surface area contributed by atoms with Gasteiger partial charge in [0.15, 0.2) is 0 Å². The molecule has 1 fully saturated rings. The van der Waals surface area contributed by atoms with Crippen LogP contribution >= 0.6 is 12.4 Å². The first-order valence-corrected chi connectivity index (χ1v) is 7.70. The minimum absolute atomic E-state index is 0. The monoisotopic (exact) mass is 310 g/mol. The summed E-state index contributed by atoms with van der Waals surface area (Å²) in [5, 5.41) is 3.21. The van der Waals surface area contributed by atoms with Crippen LogP contribution in [-0.4, -0.2) is 37.5 Å². The maximum absolute atomic E-state index is 12.5. The molecule has 1 unspecified atom stereocenters. The molecular formula is C17H27ClN2O. The molecule has 4 heteroatoms. The van der Waals surface area contributed by atoms with Crippen LogP contribution in [0.25, 0.3) is 0 Å². The molecular weight excluding hydrogens is 284 g/mol. The van der Waals surface area contributed by atoms with Gasteiger partial charge in [-0.2, -0.15) is 0 Å². The van der Waals surface area contributed by atoms with E-state index in [1.165, 1.54) is 6.42 Å². The predicted molar refractivity (Wildman–Crippen MR) is 90.0 cm³/mol. The smallest absolute Gasteiger partial charge is 0.229 e. The number of hydrogen-bond donors (Lipinski definition) is 1. The van der Waals surface area contributed by atoms with Gasteiger partial charge in [0.25, 0.3) is 0 Å². The molecule has 0 radical (unpaired) electrons. The van der Waals surface area contributed by atoms with Crippen LogP contribution in [0.1, 0.15) is 37.7 Å². The zero-order chi connectivity index (χ0) is 14.4. The van der Waals surface area contributed by atoms with E-state index in [0.717, 1.165) is 44.0 Å². The van der Waals surface area contributed by atoms with Crippen LogP contribution in [0.4, 0.5) is 0 Å². The highest BCUT2D eigenvalue weighted by Crippen LogP contribution is 2.24. The molecule has 118 valence electrons. The average molecular weight is 311 g/mol. The lowest BCUT2D eigenvalue weighted by atomic mass is 9.92. The molecule has 0 aliphatic carbocycles. The van der Waals surface area contributed by atoms with Crippen molar-refractivity contribution < 1.29 is 4.79 Å². The first kappa shape index (κ1) is 18.0. The zero-order valence-electron chi connectivity index (χ0n) is 13.0. The van der Waals surface area contributed by atoms with Crippen molar-refractivity contribution in [2.24, 2.45) is 5.92 Å². The average Bonchev–Trinajstić information content (AvgIpc) is 2.53. The van der Waals surface area contributed by atoms with Gasteiger partial charge in [-0.25, -0.2) is 0 Å². The molecule has 1 amide bonds. The summed E-state index contributed by atoms with van der Waals surface area (Å²) < 4.78 is 0. The Bertz CT molecular complexity index is 416. The fourth-order valence-corrected chi connectivity index (χ4v) is 2.95. The molecule has 1 aromatic carbocycles. The summed E-state index contributed by atoms with van der Waals surface area (Å²) in [6, 6.07) is 10.1. The largest absolute Gasteiger partial charge is 0.342 e. The molecule has 0 spiro atoms. The van der Waals surface area contributed by atoms with E-state index in [0.29, 0.717) is 0 Å². The first-order chi connectivity index (χ1) is 9.72. The Balaban J connectivity index is 0.00000220. The summed E-state index contributed by atoms with van der Waals surface area (Å²) in [6.45, 7) is 4.94. The third-order valence-corrected chi connectivity index (χ3v) is 4.40. The van der Waals surface area contributed by atoms with E-state index >= 15 is 0 Å². The Hall–Kier alpha value is -1.06. The molecule has 3 nitrogen and oxygen atoms in total. The number of hydrogen-bond acceptors (Lipinski definition) is 2. The van der Waals surface area contributed by atoms with Gasteiger partial charge in [-0.15, -0.1) is 12.4 Å². The van der Waals surface area contributed by atoms with Crippen LogP contribution in [0.5, 0.6) is 0 Å². The second-order valence-electron chi connectivity index (χ2n) is 5.79. The van der Waals surface area contributed by atoms with E-state index in [4.69, 9.17) is 0 Å². The van der Waals surface area contributed by atoms with E-state index in [-0.39, 0.29) is 24.2 Å². The third kappa shape index (κ3) is 5.01. The van der Waals surface area contributed by atoms with Crippen LogP contribution < -0.4 is 5.32 Å². The molecule has 1 heterocycles. The van der Waals surface area contributed by atoms with Crippen molar-refractivity contribution in [2.45, 2.75) is 32.1 Å². The van der Waals surface area contributed by atoms with Crippen LogP contribution in [-0.2, 0) is 4.79 Å². The van der Waals surface area contributed by atoms with Gasteiger partial charge < -0.3 is 10.2 Å². The van der Waals surface area contributed by atoms with E-state index in [9.17, 15) is 4.79 Å². The molecule has 1 atom stereocenters. The molecule has 1 N–H and O–H groups in total. The van der Waals surface area contributed by atoms with Crippen molar-refractivity contribution in [3.63, 3.8) is 0 Å². The van der Waals surface area contributed by atoms with Gasteiger partial charge in [0.1, 0.15) is 0 Å². The van der Waals surface area contributed by atoms with Crippen molar-refractivity contribution in [3.8, 4) is 0 Å². The van der Waals surface area contributed by atoms with E-state index in [1.807, 2.05) is 49.2 Å². The Morgan fingerprint density at radius 1 is 1.29 bits per heavy atom. The lowest BCUT2D eigenvalue weighted by Gasteiger charge is -2.33. The van der Waals surface area contributed by atoms with Crippen molar-refractivity contribution in [3.05, 3.63) is 35.9 Å². The summed E-state index contributed by atoms with van der Waals surface area (Å²) in [5.74, 6) is 1.03. The predicted octanol–water partition coefficient (Wildman–Crippen LogP) is 3.06. The standard InChI is InChI=1S/C17H26N2O.ClH/c1-14(16-6-4-3-5-7-16)17(20)19-12-9-15(10-13-19)8-11-18-2;/h3-7,14-15,18H,8-13H2,1-2H3;1H. The molecule has 21 heavy (non-hydrogen) atoms. The summed E-state index contributed by atoms with van der Waals surface area (Å²) in [4.78, 5) is 14.6. The highest BCUT2D eigenvalue weighted by atomic mass is 35.5. The summed E-state index contributed by atoms with van der Waals surface area (Å²) >= 11 is 0. The maximum atomic E-state index is 12.5. The molecule has 0 saturated carbocycles. The number of nitrogens with zero attached hydrogens (tertiary/aromatic N) is 1. The Kier molecular flexibility index (Phi) is 7.76. The maximum Gasteiger partial charge on any atom is 0.229 e. The highest BCUT2D eigenvalue weighted by Gasteiger charge is 2.26. The van der Waals surface area contributed by atoms with Gasteiger partial charge >= 0.3 is 0 Å². The van der Waals surface area contributed by atoms with Crippen molar-refractivity contribution in [1.29, 1.82) is 0 Å². The van der Waals surface area contributed by atoms with Crippen molar-refractivity contribution in [1.82, 2.24) is 10.2 Å². The molecule has 0 aromatic heterocycles. The number of amides is 1. The molecule has 1 aromatic rings. The lowest BCUT2D eigenvalue weighted by molar-refractivity contribution is -0.133. The van der Waals surface area contributed by atoms with Gasteiger partial charge in [-0.3, -0.25) is 4.79 Å². The zero-order valence-corrected chi connectivity index (χ0v) is 13.9. The third-order valence-electron chi connectivity index (χ3n) is 4.40. The molecule has 1 aliphatic heterocycles. The number of rotatable bonds is 5. The number of benzene rings is 1. The fraction of sp³-hybridized carbons (Fsp3) is 0.588. The summed E-state index contributed by atoms with van der Waals surface area (Å²) in [6.07, 6.45) is 3.52. The van der Waals surface area contributed by atoms with Crippen molar-refractivity contribution >= 4 is 18.3 Å². The van der Waals surface area contributed by atoms with Gasteiger partial charge in [0.2, 0.25) is 5.91 Å². The van der Waals surface area contributed by atoms with Gasteiger partial charge in [0, 0.05) is 13.1 Å². The Labute approximate surface area is 134 Å². The van der Waals surface area contributed by atoms with E-state index in [1.54, 1.807) is 0 Å². The topological polar surface area (TPSA) is 32.3 Å². The normalized spacial score (nSPS) is 17.1. The van der Waals surface area contributed by atoms with Crippen LogP contribution in [0.3, 0.4) is 0 Å². The number of carbonyl (C=O) groups excluding carboxylic acids is 1. The minimum atomic E-state index is -0.0231. The van der Waals surface area contributed by atoms with E-state index in [2.05, 4.69) is 5.32 Å². The molecule has 1 aliphatic rings. The summed E-state index contributed by atoms with van der Waals surface area (Å²) in [7, 11) is 2.00. The molecule has 2 rings (SSSR count). The summed E-state index contributed by atoms with van der Waals surface area (Å²) in [5.41, 5.74) is 1.12. The number of nitrogens with one attached hydrogen (secondary N) is 1. The van der Waals surface area contributed by atoms with Crippen LogP contribution in [0.15, 0.2) is 30.3 Å². The van der Waals surface area contributed by atoms with Crippen LogP contribution in [0, 0.1) is 5.92 Å².